The molecule has 1 aliphatic rings. The second-order valence-corrected chi connectivity index (χ2v) is 6.73. The molecule has 150 valence electrons. The van der Waals surface area contributed by atoms with E-state index in [9.17, 15) is 18.3 Å². The Bertz CT molecular complexity index is 1090. The fraction of sp³-hybridized carbons (Fsp3) is 0.158. The van der Waals surface area contributed by atoms with Crippen LogP contribution in [0.25, 0.3) is 5.70 Å². The maximum atomic E-state index is 13.2. The summed E-state index contributed by atoms with van der Waals surface area (Å²) >= 11 is 5.92. The minimum Gasteiger partial charge on any atom is -0.504 e. The first-order chi connectivity index (χ1) is 13.8. The number of rotatable bonds is 3. The molecule has 1 atom stereocenters. The fourth-order valence-corrected chi connectivity index (χ4v) is 3.17. The van der Waals surface area contributed by atoms with E-state index in [-0.39, 0.29) is 17.4 Å². The molecule has 4 rings (SSSR count). The summed E-state index contributed by atoms with van der Waals surface area (Å²) in [6.45, 7) is 0. The first kappa shape index (κ1) is 19.1. The topological polar surface area (TPSA) is 72.2 Å². The van der Waals surface area contributed by atoms with E-state index in [1.807, 2.05) is 0 Å². The second-order valence-electron chi connectivity index (χ2n) is 6.29. The lowest BCUT2D eigenvalue weighted by Gasteiger charge is -2.24. The molecule has 29 heavy (non-hydrogen) atoms. The molecule has 0 aliphatic carbocycles. The molecule has 2 N–H and O–H groups in total. The number of benzene rings is 2. The van der Waals surface area contributed by atoms with Gasteiger partial charge in [-0.1, -0.05) is 29.8 Å². The standard InChI is InChI=1S/C19H14ClF3N4O2/c1-29-16-7-4-11(8-15(16)28)14-9-13(10-2-5-12(20)6-3-10)24-18-25-17(19(21,22)23)26-27(14)18/h2-9,14,28H,1H3,(H,24,25,26)/t14-/m0/s1. The van der Waals surface area contributed by atoms with Gasteiger partial charge in [-0.2, -0.15) is 18.2 Å². The van der Waals surface area contributed by atoms with Gasteiger partial charge in [0.1, 0.15) is 6.04 Å². The van der Waals surface area contributed by atoms with Gasteiger partial charge in [0.2, 0.25) is 5.95 Å². The number of fused-ring (bicyclic) bond motifs is 1. The van der Waals surface area contributed by atoms with Crippen molar-refractivity contribution in [1.82, 2.24) is 14.8 Å². The highest BCUT2D eigenvalue weighted by Crippen LogP contribution is 2.38. The molecule has 1 aromatic heterocycles. The molecule has 0 spiro atoms. The minimum absolute atomic E-state index is 0.0647. The van der Waals surface area contributed by atoms with Crippen LogP contribution in [0.1, 0.15) is 23.0 Å². The molecule has 0 fully saturated rings. The summed E-state index contributed by atoms with van der Waals surface area (Å²) in [5.74, 6) is -1.21. The number of aromatic hydroxyl groups is 1. The number of hydrogen-bond acceptors (Lipinski definition) is 5. The lowest BCUT2D eigenvalue weighted by atomic mass is 10.0. The first-order valence-electron chi connectivity index (χ1n) is 8.41. The minimum atomic E-state index is -4.70. The van der Waals surface area contributed by atoms with Crippen LogP contribution in [0.15, 0.2) is 48.5 Å². The molecule has 3 aromatic rings. The summed E-state index contributed by atoms with van der Waals surface area (Å²) in [5, 5.41) is 17.2. The van der Waals surface area contributed by atoms with Crippen LogP contribution in [-0.4, -0.2) is 27.0 Å². The van der Waals surface area contributed by atoms with E-state index in [1.54, 1.807) is 36.4 Å². The number of phenols is 1. The van der Waals surface area contributed by atoms with E-state index in [0.29, 0.717) is 21.8 Å². The number of nitrogens with zero attached hydrogens (tertiary/aromatic N) is 3. The second kappa shape index (κ2) is 7.00. The van der Waals surface area contributed by atoms with Crippen molar-refractivity contribution >= 4 is 23.2 Å². The Kier molecular flexibility index (Phi) is 4.62. The molecule has 1 aliphatic heterocycles. The molecule has 6 nitrogen and oxygen atoms in total. The molecule has 2 aromatic carbocycles. The van der Waals surface area contributed by atoms with Crippen LogP contribution in [0, 0.1) is 0 Å². The first-order valence-corrected chi connectivity index (χ1v) is 8.79. The molecule has 0 saturated carbocycles. The van der Waals surface area contributed by atoms with Gasteiger partial charge in [0, 0.05) is 10.7 Å². The molecular formula is C19H14ClF3N4O2. The van der Waals surface area contributed by atoms with E-state index >= 15 is 0 Å². The number of ether oxygens (including phenoxy) is 1. The summed E-state index contributed by atoms with van der Waals surface area (Å²) < 4.78 is 45.7. The third kappa shape index (κ3) is 3.61. The molecule has 0 radical (unpaired) electrons. The van der Waals surface area contributed by atoms with Gasteiger partial charge in [-0.05, 0) is 41.5 Å². The van der Waals surface area contributed by atoms with Crippen LogP contribution in [0.3, 0.4) is 0 Å². The summed E-state index contributed by atoms with van der Waals surface area (Å²) in [5.41, 5.74) is 1.76. The number of methoxy groups -OCH3 is 1. The fourth-order valence-electron chi connectivity index (χ4n) is 3.04. The summed E-state index contributed by atoms with van der Waals surface area (Å²) in [6, 6.07) is 10.7. The molecule has 0 unspecified atom stereocenters. The van der Waals surface area contributed by atoms with Crippen LogP contribution in [0.2, 0.25) is 5.02 Å². The quantitative estimate of drug-likeness (QED) is 0.639. The van der Waals surface area contributed by atoms with Crippen LogP contribution < -0.4 is 10.1 Å². The van der Waals surface area contributed by atoms with Crippen molar-refractivity contribution in [3.63, 3.8) is 0 Å². The summed E-state index contributed by atoms with van der Waals surface area (Å²) in [4.78, 5) is 3.61. The van der Waals surface area contributed by atoms with Gasteiger partial charge in [0.15, 0.2) is 11.5 Å². The van der Waals surface area contributed by atoms with Crippen molar-refractivity contribution in [2.75, 3.05) is 12.4 Å². The number of alkyl halides is 3. The summed E-state index contributed by atoms with van der Waals surface area (Å²) in [7, 11) is 1.41. The smallest absolute Gasteiger partial charge is 0.453 e. The number of anilines is 1. The zero-order valence-corrected chi connectivity index (χ0v) is 15.7. The molecule has 0 bridgehead atoms. The third-order valence-corrected chi connectivity index (χ3v) is 4.67. The van der Waals surface area contributed by atoms with Gasteiger partial charge in [-0.3, -0.25) is 0 Å². The molecule has 0 saturated heterocycles. The number of nitrogens with one attached hydrogen (secondary N) is 1. The highest BCUT2D eigenvalue weighted by atomic mass is 35.5. The van der Waals surface area contributed by atoms with Gasteiger partial charge >= 0.3 is 6.18 Å². The van der Waals surface area contributed by atoms with Crippen molar-refractivity contribution in [3.05, 3.63) is 70.5 Å². The van der Waals surface area contributed by atoms with E-state index in [1.165, 1.54) is 19.2 Å². The zero-order chi connectivity index (χ0) is 20.8. The van der Waals surface area contributed by atoms with Crippen molar-refractivity contribution in [3.8, 4) is 11.5 Å². The molecule has 2 heterocycles. The number of phenolic OH excluding ortho intramolecular Hbond substituents is 1. The van der Waals surface area contributed by atoms with Crippen LogP contribution in [0.5, 0.6) is 11.5 Å². The Balaban J connectivity index is 1.84. The molecular weight excluding hydrogens is 409 g/mol. The number of halogens is 4. The number of aromatic nitrogens is 3. The maximum absolute atomic E-state index is 13.2. The predicted molar refractivity (Wildman–Crippen MR) is 101 cm³/mol. The third-order valence-electron chi connectivity index (χ3n) is 4.42. The lowest BCUT2D eigenvalue weighted by Crippen LogP contribution is -2.20. The van der Waals surface area contributed by atoms with E-state index in [2.05, 4.69) is 15.4 Å². The van der Waals surface area contributed by atoms with Gasteiger partial charge in [-0.15, -0.1) is 5.10 Å². The van der Waals surface area contributed by atoms with Gasteiger partial charge in [0.05, 0.1) is 7.11 Å². The molecule has 10 heteroatoms. The monoisotopic (exact) mass is 422 g/mol. The highest BCUT2D eigenvalue weighted by Gasteiger charge is 2.39. The van der Waals surface area contributed by atoms with Crippen molar-refractivity contribution in [2.24, 2.45) is 0 Å². The van der Waals surface area contributed by atoms with Crippen LogP contribution in [-0.2, 0) is 6.18 Å². The maximum Gasteiger partial charge on any atom is 0.453 e. The lowest BCUT2D eigenvalue weighted by molar-refractivity contribution is -0.145. The summed E-state index contributed by atoms with van der Waals surface area (Å²) in [6.07, 6.45) is -2.99. The zero-order valence-electron chi connectivity index (χ0n) is 14.9. The van der Waals surface area contributed by atoms with E-state index in [4.69, 9.17) is 16.3 Å². The highest BCUT2D eigenvalue weighted by molar-refractivity contribution is 6.30. The van der Waals surface area contributed by atoms with Gasteiger partial charge < -0.3 is 15.2 Å². The van der Waals surface area contributed by atoms with Crippen LogP contribution in [0.4, 0.5) is 19.1 Å². The molecule has 0 amide bonds. The average molecular weight is 423 g/mol. The normalized spacial score (nSPS) is 16.0. The van der Waals surface area contributed by atoms with Crippen molar-refractivity contribution in [2.45, 2.75) is 12.2 Å². The SMILES string of the molecule is COc1ccc([C@@H]2C=C(c3ccc(Cl)cc3)Nc3nc(C(F)(F)F)nn32)cc1O. The Morgan fingerprint density at radius 1 is 1.17 bits per heavy atom. The van der Waals surface area contributed by atoms with E-state index in [0.717, 1.165) is 4.68 Å². The van der Waals surface area contributed by atoms with Gasteiger partial charge in [0.25, 0.3) is 5.82 Å². The number of hydrogen-bond donors (Lipinski definition) is 2. The van der Waals surface area contributed by atoms with Crippen LogP contribution >= 0.6 is 11.6 Å². The van der Waals surface area contributed by atoms with Crippen molar-refractivity contribution in [1.29, 1.82) is 0 Å². The Morgan fingerprint density at radius 3 is 2.52 bits per heavy atom. The Morgan fingerprint density at radius 2 is 1.90 bits per heavy atom. The van der Waals surface area contributed by atoms with Gasteiger partial charge in [-0.25, -0.2) is 4.68 Å². The average Bonchev–Trinajstić information content (AvgIpc) is 3.12. The Labute approximate surface area is 168 Å². The largest absolute Gasteiger partial charge is 0.504 e. The predicted octanol–water partition coefficient (Wildman–Crippen LogP) is 4.72. The van der Waals surface area contributed by atoms with E-state index < -0.39 is 18.0 Å². The number of allylic oxidation sites excluding steroid dienone is 1. The van der Waals surface area contributed by atoms with Crippen molar-refractivity contribution < 1.29 is 23.0 Å². The Hall–Kier alpha value is -3.20.